The highest BCUT2D eigenvalue weighted by atomic mass is 16.4. The van der Waals surface area contributed by atoms with E-state index in [-0.39, 0.29) is 36.7 Å². The molecule has 0 aromatic carbocycles. The zero-order valence-electron chi connectivity index (χ0n) is 12.4. The van der Waals surface area contributed by atoms with Crippen molar-refractivity contribution in [3.63, 3.8) is 0 Å². The fourth-order valence-electron chi connectivity index (χ4n) is 3.06. The largest absolute Gasteiger partial charge is 0.481 e. The van der Waals surface area contributed by atoms with Crippen molar-refractivity contribution in [3.8, 4) is 0 Å². The Hall–Kier alpha value is -1.79. The third kappa shape index (κ3) is 4.09. The third-order valence-electron chi connectivity index (χ3n) is 4.19. The van der Waals surface area contributed by atoms with Crippen molar-refractivity contribution < 1.29 is 19.5 Å². The number of amides is 3. The molecule has 7 nitrogen and oxygen atoms in total. The summed E-state index contributed by atoms with van der Waals surface area (Å²) in [6.07, 6.45) is 1.90. The molecule has 2 aliphatic heterocycles. The zero-order chi connectivity index (χ0) is 15.4. The molecular weight excluding hydrogens is 274 g/mol. The van der Waals surface area contributed by atoms with Crippen LogP contribution in [0.5, 0.6) is 0 Å². The van der Waals surface area contributed by atoms with E-state index in [1.54, 1.807) is 11.8 Å². The topological polar surface area (TPSA) is 89.9 Å². The van der Waals surface area contributed by atoms with Crippen molar-refractivity contribution in [2.45, 2.75) is 38.6 Å². The molecule has 2 heterocycles. The zero-order valence-corrected chi connectivity index (χ0v) is 12.4. The second-order valence-electron chi connectivity index (χ2n) is 5.94. The molecule has 2 fully saturated rings. The Bertz CT molecular complexity index is 418. The van der Waals surface area contributed by atoms with Crippen LogP contribution < -0.4 is 5.32 Å². The molecular formula is C14H23N3O4. The average Bonchev–Trinajstić information content (AvgIpc) is 2.84. The van der Waals surface area contributed by atoms with Gasteiger partial charge in [-0.1, -0.05) is 6.92 Å². The molecule has 7 heteroatoms. The average molecular weight is 297 g/mol. The molecule has 0 bridgehead atoms. The summed E-state index contributed by atoms with van der Waals surface area (Å²) in [6.45, 7) is 4.52. The monoisotopic (exact) mass is 297 g/mol. The first-order valence-corrected chi connectivity index (χ1v) is 7.51. The minimum absolute atomic E-state index is 0.00476. The summed E-state index contributed by atoms with van der Waals surface area (Å²) >= 11 is 0. The Morgan fingerprint density at radius 2 is 1.95 bits per heavy atom. The highest BCUT2D eigenvalue weighted by Crippen LogP contribution is 2.20. The predicted octanol–water partition coefficient (Wildman–Crippen LogP) is 0.504. The van der Waals surface area contributed by atoms with E-state index in [1.165, 1.54) is 0 Å². The number of hydrogen-bond donors (Lipinski definition) is 2. The molecule has 3 amide bonds. The molecule has 0 aliphatic carbocycles. The quantitative estimate of drug-likeness (QED) is 0.773. The van der Waals surface area contributed by atoms with E-state index >= 15 is 0 Å². The SMILES string of the molecule is CC(CC(=O)O)CC(=O)N1CCC(N2CCNC2=O)CC1. The van der Waals surface area contributed by atoms with Crippen LogP contribution in [0, 0.1) is 5.92 Å². The number of carboxylic acid groups (broad SMARTS) is 1. The Labute approximate surface area is 124 Å². The molecule has 2 rings (SSSR count). The van der Waals surface area contributed by atoms with E-state index in [0.29, 0.717) is 19.6 Å². The molecule has 0 radical (unpaired) electrons. The van der Waals surface area contributed by atoms with E-state index in [1.807, 2.05) is 4.90 Å². The van der Waals surface area contributed by atoms with Crippen molar-refractivity contribution in [2.24, 2.45) is 5.92 Å². The maximum absolute atomic E-state index is 12.1. The maximum atomic E-state index is 12.1. The van der Waals surface area contributed by atoms with Crippen LogP contribution in [0.1, 0.15) is 32.6 Å². The molecule has 0 saturated carbocycles. The third-order valence-corrected chi connectivity index (χ3v) is 4.19. The first-order chi connectivity index (χ1) is 9.97. The van der Waals surface area contributed by atoms with Gasteiger partial charge in [-0.05, 0) is 18.8 Å². The van der Waals surface area contributed by atoms with Gasteiger partial charge in [0, 0.05) is 45.1 Å². The standard InChI is InChI=1S/C14H23N3O4/c1-10(9-13(19)20)8-12(18)16-5-2-11(3-6-16)17-7-4-15-14(17)21/h10-11H,2-9H2,1H3,(H,15,21)(H,19,20). The number of carbonyl (C=O) groups is 3. The maximum Gasteiger partial charge on any atom is 0.317 e. The lowest BCUT2D eigenvalue weighted by Crippen LogP contribution is -2.47. The summed E-state index contributed by atoms with van der Waals surface area (Å²) < 4.78 is 0. The molecule has 0 spiro atoms. The first kappa shape index (κ1) is 15.6. The Kier molecular flexibility index (Phi) is 5.03. The number of nitrogens with one attached hydrogen (secondary N) is 1. The number of aliphatic carboxylic acids is 1. The van der Waals surface area contributed by atoms with Crippen LogP contribution in [0.15, 0.2) is 0 Å². The van der Waals surface area contributed by atoms with Crippen LogP contribution in [0.25, 0.3) is 0 Å². The Morgan fingerprint density at radius 3 is 2.48 bits per heavy atom. The summed E-state index contributed by atoms with van der Waals surface area (Å²) in [6, 6.07) is 0.211. The van der Waals surface area contributed by atoms with E-state index in [4.69, 9.17) is 5.11 Å². The van der Waals surface area contributed by atoms with Crippen molar-refractivity contribution in [3.05, 3.63) is 0 Å². The molecule has 2 N–H and O–H groups in total. The van der Waals surface area contributed by atoms with Crippen molar-refractivity contribution in [1.82, 2.24) is 15.1 Å². The van der Waals surface area contributed by atoms with E-state index < -0.39 is 5.97 Å². The molecule has 2 saturated heterocycles. The van der Waals surface area contributed by atoms with Gasteiger partial charge in [-0.2, -0.15) is 0 Å². The van der Waals surface area contributed by atoms with Crippen molar-refractivity contribution >= 4 is 17.9 Å². The fourth-order valence-corrected chi connectivity index (χ4v) is 3.06. The van der Waals surface area contributed by atoms with E-state index in [9.17, 15) is 14.4 Å². The minimum Gasteiger partial charge on any atom is -0.481 e. The normalized spacial score (nSPS) is 21.3. The van der Waals surface area contributed by atoms with Crippen LogP contribution in [0.3, 0.4) is 0 Å². The summed E-state index contributed by atoms with van der Waals surface area (Å²) in [5, 5.41) is 11.5. The number of urea groups is 1. The molecule has 21 heavy (non-hydrogen) atoms. The van der Waals surface area contributed by atoms with Gasteiger partial charge in [-0.15, -0.1) is 0 Å². The summed E-state index contributed by atoms with van der Waals surface area (Å²) in [7, 11) is 0. The van der Waals surface area contributed by atoms with Gasteiger partial charge in [0.2, 0.25) is 5.91 Å². The molecule has 1 unspecified atom stereocenters. The van der Waals surface area contributed by atoms with Crippen LogP contribution in [-0.4, -0.2) is 65.0 Å². The molecule has 0 aromatic heterocycles. The van der Waals surface area contributed by atoms with E-state index in [2.05, 4.69) is 5.32 Å². The van der Waals surface area contributed by atoms with Gasteiger partial charge in [-0.25, -0.2) is 4.79 Å². The number of piperidine rings is 1. The fraction of sp³-hybridized carbons (Fsp3) is 0.786. The molecule has 118 valence electrons. The van der Waals surface area contributed by atoms with Gasteiger partial charge in [0.25, 0.3) is 0 Å². The second-order valence-corrected chi connectivity index (χ2v) is 5.94. The number of likely N-dealkylation sites (tertiary alicyclic amines) is 1. The van der Waals surface area contributed by atoms with Crippen molar-refractivity contribution in [1.29, 1.82) is 0 Å². The number of hydrogen-bond acceptors (Lipinski definition) is 3. The highest BCUT2D eigenvalue weighted by molar-refractivity contribution is 5.78. The number of nitrogens with zero attached hydrogens (tertiary/aromatic N) is 2. The second kappa shape index (κ2) is 6.78. The lowest BCUT2D eigenvalue weighted by Gasteiger charge is -2.36. The van der Waals surface area contributed by atoms with Crippen LogP contribution in [-0.2, 0) is 9.59 Å². The molecule has 1 atom stereocenters. The smallest absolute Gasteiger partial charge is 0.317 e. The van der Waals surface area contributed by atoms with Gasteiger partial charge in [0.15, 0.2) is 0 Å². The lowest BCUT2D eigenvalue weighted by atomic mass is 10.00. The molecule has 2 aliphatic rings. The van der Waals surface area contributed by atoms with Crippen LogP contribution in [0.2, 0.25) is 0 Å². The van der Waals surface area contributed by atoms with Crippen molar-refractivity contribution in [2.75, 3.05) is 26.2 Å². The predicted molar refractivity (Wildman–Crippen MR) is 75.7 cm³/mol. The van der Waals surface area contributed by atoms with Gasteiger partial charge in [0.1, 0.15) is 0 Å². The summed E-state index contributed by atoms with van der Waals surface area (Å²) in [5.41, 5.74) is 0. The minimum atomic E-state index is -0.867. The van der Waals surface area contributed by atoms with Gasteiger partial charge in [-0.3, -0.25) is 9.59 Å². The Morgan fingerprint density at radius 1 is 1.29 bits per heavy atom. The van der Waals surface area contributed by atoms with Gasteiger partial charge < -0.3 is 20.2 Å². The highest BCUT2D eigenvalue weighted by Gasteiger charge is 2.32. The van der Waals surface area contributed by atoms with E-state index in [0.717, 1.165) is 19.4 Å². The summed E-state index contributed by atoms with van der Waals surface area (Å²) in [4.78, 5) is 38.0. The van der Waals surface area contributed by atoms with Gasteiger partial charge in [0.05, 0.1) is 0 Å². The number of rotatable bonds is 5. The lowest BCUT2D eigenvalue weighted by molar-refractivity contribution is -0.138. The molecule has 0 aromatic rings. The number of carbonyl (C=O) groups excluding carboxylic acids is 2. The van der Waals surface area contributed by atoms with Crippen LogP contribution in [0.4, 0.5) is 4.79 Å². The number of carboxylic acids is 1. The van der Waals surface area contributed by atoms with Gasteiger partial charge >= 0.3 is 12.0 Å². The van der Waals surface area contributed by atoms with Crippen LogP contribution >= 0.6 is 0 Å². The summed E-state index contributed by atoms with van der Waals surface area (Å²) in [5.74, 6) is -0.987. The first-order valence-electron chi connectivity index (χ1n) is 7.51. The Balaban J connectivity index is 1.76.